The molecular weight excluding hydrogens is 260 g/mol. The Morgan fingerprint density at radius 3 is 2.53 bits per heavy atom. The molecule has 2 unspecified atom stereocenters. The summed E-state index contributed by atoms with van der Waals surface area (Å²) < 4.78 is 26.5. The van der Waals surface area contributed by atoms with Crippen LogP contribution in [-0.2, 0) is 10.0 Å². The van der Waals surface area contributed by atoms with E-state index in [4.69, 9.17) is 5.73 Å². The van der Waals surface area contributed by atoms with Gasteiger partial charge in [-0.25, -0.2) is 8.42 Å². The van der Waals surface area contributed by atoms with Crippen LogP contribution >= 0.6 is 0 Å². The summed E-state index contributed by atoms with van der Waals surface area (Å²) in [5.41, 5.74) is 5.59. The van der Waals surface area contributed by atoms with E-state index in [-0.39, 0.29) is 11.3 Å². The lowest BCUT2D eigenvalue weighted by Crippen LogP contribution is -2.57. The molecule has 2 atom stereocenters. The maximum absolute atomic E-state index is 12.5. The molecule has 0 aromatic rings. The predicted octanol–water partition coefficient (Wildman–Crippen LogP) is 2.20. The van der Waals surface area contributed by atoms with Crippen LogP contribution in [-0.4, -0.2) is 37.6 Å². The molecule has 0 aliphatic heterocycles. The van der Waals surface area contributed by atoms with Crippen LogP contribution in [0.2, 0.25) is 0 Å². The quantitative estimate of drug-likeness (QED) is 0.815. The van der Waals surface area contributed by atoms with Crippen LogP contribution in [0.1, 0.15) is 52.9 Å². The molecule has 1 aliphatic carbocycles. The zero-order valence-corrected chi connectivity index (χ0v) is 13.7. The Labute approximate surface area is 118 Å². The summed E-state index contributed by atoms with van der Waals surface area (Å²) in [6, 6.07) is 0. The second-order valence-corrected chi connectivity index (χ2v) is 8.72. The third kappa shape index (κ3) is 4.17. The van der Waals surface area contributed by atoms with E-state index in [9.17, 15) is 8.42 Å². The van der Waals surface area contributed by atoms with Gasteiger partial charge >= 0.3 is 0 Å². The summed E-state index contributed by atoms with van der Waals surface area (Å²) in [5, 5.41) is 0. The topological polar surface area (TPSA) is 63.4 Å². The Hall–Kier alpha value is -0.130. The monoisotopic (exact) mass is 290 g/mol. The number of likely N-dealkylation sites (N-methyl/N-ethyl adjacent to an activating group) is 1. The van der Waals surface area contributed by atoms with E-state index in [0.29, 0.717) is 24.8 Å². The molecule has 2 N–H and O–H groups in total. The van der Waals surface area contributed by atoms with Crippen LogP contribution < -0.4 is 5.73 Å². The van der Waals surface area contributed by atoms with Crippen molar-refractivity contribution in [2.24, 2.45) is 17.6 Å². The molecule has 19 heavy (non-hydrogen) atoms. The lowest BCUT2D eigenvalue weighted by Gasteiger charge is -2.45. The van der Waals surface area contributed by atoms with Gasteiger partial charge in [-0.15, -0.1) is 0 Å². The number of hydrogen-bond donors (Lipinski definition) is 1. The van der Waals surface area contributed by atoms with Crippen molar-refractivity contribution in [3.63, 3.8) is 0 Å². The maximum atomic E-state index is 12.5. The van der Waals surface area contributed by atoms with Crippen molar-refractivity contribution in [3.05, 3.63) is 0 Å². The fourth-order valence-corrected chi connectivity index (χ4v) is 4.92. The van der Waals surface area contributed by atoms with Crippen molar-refractivity contribution in [1.29, 1.82) is 0 Å². The van der Waals surface area contributed by atoms with Gasteiger partial charge in [0.2, 0.25) is 10.0 Å². The number of nitrogens with zero attached hydrogens (tertiary/aromatic N) is 1. The van der Waals surface area contributed by atoms with E-state index in [1.54, 1.807) is 11.4 Å². The molecule has 0 amide bonds. The van der Waals surface area contributed by atoms with Crippen molar-refractivity contribution < 1.29 is 8.42 Å². The van der Waals surface area contributed by atoms with Gasteiger partial charge in [0.1, 0.15) is 0 Å². The predicted molar refractivity (Wildman–Crippen MR) is 80.4 cm³/mol. The number of rotatable bonds is 6. The highest BCUT2D eigenvalue weighted by molar-refractivity contribution is 7.89. The first-order valence-electron chi connectivity index (χ1n) is 7.40. The minimum atomic E-state index is -3.20. The van der Waals surface area contributed by atoms with E-state index < -0.39 is 10.0 Å². The molecule has 0 aromatic heterocycles. The average Bonchev–Trinajstić information content (AvgIpc) is 2.35. The molecule has 0 aromatic carbocycles. The highest BCUT2D eigenvalue weighted by atomic mass is 32.2. The van der Waals surface area contributed by atoms with Crippen LogP contribution in [0, 0.1) is 11.8 Å². The van der Waals surface area contributed by atoms with Gasteiger partial charge in [-0.05, 0) is 31.1 Å². The van der Waals surface area contributed by atoms with Crippen LogP contribution in [0.5, 0.6) is 0 Å². The SMILES string of the molecule is CC(C)CCS(=O)(=O)N(C)C1(CN)CCCC(C)C1. The largest absolute Gasteiger partial charge is 0.329 e. The third-order valence-corrected chi connectivity index (χ3v) is 6.46. The molecule has 5 heteroatoms. The third-order valence-electron chi connectivity index (χ3n) is 4.49. The minimum Gasteiger partial charge on any atom is -0.329 e. The highest BCUT2D eigenvalue weighted by Crippen LogP contribution is 2.37. The fourth-order valence-electron chi connectivity index (χ4n) is 3.05. The second kappa shape index (κ2) is 6.55. The Balaban J connectivity index is 2.85. The molecule has 114 valence electrons. The van der Waals surface area contributed by atoms with E-state index in [2.05, 4.69) is 20.8 Å². The van der Waals surface area contributed by atoms with Crippen molar-refractivity contribution in [2.45, 2.75) is 58.4 Å². The van der Waals surface area contributed by atoms with E-state index in [0.717, 1.165) is 19.3 Å². The zero-order chi connectivity index (χ0) is 14.7. The van der Waals surface area contributed by atoms with Gasteiger partial charge in [0.15, 0.2) is 0 Å². The molecule has 1 rings (SSSR count). The van der Waals surface area contributed by atoms with Crippen LogP contribution in [0.3, 0.4) is 0 Å². The summed E-state index contributed by atoms with van der Waals surface area (Å²) in [6.45, 7) is 6.72. The van der Waals surface area contributed by atoms with Crippen molar-refractivity contribution in [2.75, 3.05) is 19.3 Å². The Morgan fingerprint density at radius 1 is 1.42 bits per heavy atom. The fraction of sp³-hybridized carbons (Fsp3) is 1.00. The number of sulfonamides is 1. The smallest absolute Gasteiger partial charge is 0.214 e. The van der Waals surface area contributed by atoms with Crippen LogP contribution in [0.15, 0.2) is 0 Å². The second-order valence-electron chi connectivity index (χ2n) is 6.60. The van der Waals surface area contributed by atoms with Gasteiger partial charge in [0, 0.05) is 19.1 Å². The van der Waals surface area contributed by atoms with Crippen LogP contribution in [0.4, 0.5) is 0 Å². The molecule has 1 aliphatic rings. The first kappa shape index (κ1) is 16.9. The van der Waals surface area contributed by atoms with Gasteiger partial charge < -0.3 is 5.73 Å². The highest BCUT2D eigenvalue weighted by Gasteiger charge is 2.42. The van der Waals surface area contributed by atoms with Crippen molar-refractivity contribution in [1.82, 2.24) is 4.31 Å². The number of hydrogen-bond acceptors (Lipinski definition) is 3. The van der Waals surface area contributed by atoms with Gasteiger partial charge in [-0.2, -0.15) is 4.31 Å². The average molecular weight is 290 g/mol. The summed E-state index contributed by atoms with van der Waals surface area (Å²) in [7, 11) is -1.47. The lowest BCUT2D eigenvalue weighted by atomic mass is 9.76. The summed E-state index contributed by atoms with van der Waals surface area (Å²) in [4.78, 5) is 0. The molecule has 1 fully saturated rings. The summed E-state index contributed by atoms with van der Waals surface area (Å²) in [5.74, 6) is 1.19. The summed E-state index contributed by atoms with van der Waals surface area (Å²) in [6.07, 6.45) is 4.75. The molecule has 1 saturated carbocycles. The molecular formula is C14H30N2O2S. The van der Waals surface area contributed by atoms with Crippen molar-refractivity contribution >= 4 is 10.0 Å². The van der Waals surface area contributed by atoms with Gasteiger partial charge in [0.05, 0.1) is 5.75 Å². The van der Waals surface area contributed by atoms with E-state index >= 15 is 0 Å². The minimum absolute atomic E-state index is 0.233. The van der Waals surface area contributed by atoms with Gasteiger partial charge in [0.25, 0.3) is 0 Å². The molecule has 0 bridgehead atoms. The molecule has 0 saturated heterocycles. The first-order valence-corrected chi connectivity index (χ1v) is 9.01. The standard InChI is InChI=1S/C14H30N2O2S/c1-12(2)7-9-19(17,18)16(4)14(11-15)8-5-6-13(3)10-14/h12-13H,5-11,15H2,1-4H3. The zero-order valence-electron chi connectivity index (χ0n) is 12.9. The Kier molecular flexibility index (Phi) is 5.83. The number of nitrogens with two attached hydrogens (primary N) is 1. The van der Waals surface area contributed by atoms with Crippen LogP contribution in [0.25, 0.3) is 0 Å². The van der Waals surface area contributed by atoms with Crippen molar-refractivity contribution in [3.8, 4) is 0 Å². The van der Waals surface area contributed by atoms with Gasteiger partial charge in [-0.1, -0.05) is 33.6 Å². The van der Waals surface area contributed by atoms with E-state index in [1.165, 1.54) is 6.42 Å². The Bertz CT molecular complexity index is 381. The maximum Gasteiger partial charge on any atom is 0.214 e. The molecule has 0 radical (unpaired) electrons. The van der Waals surface area contributed by atoms with Gasteiger partial charge in [-0.3, -0.25) is 0 Å². The lowest BCUT2D eigenvalue weighted by molar-refractivity contribution is 0.127. The normalized spacial score (nSPS) is 29.1. The Morgan fingerprint density at radius 2 is 2.05 bits per heavy atom. The first-order chi connectivity index (χ1) is 8.73. The summed E-state index contributed by atoms with van der Waals surface area (Å²) >= 11 is 0. The molecule has 4 nitrogen and oxygen atoms in total. The van der Waals surface area contributed by atoms with E-state index in [1.807, 2.05) is 0 Å². The molecule has 0 heterocycles. The molecule has 0 spiro atoms.